The summed E-state index contributed by atoms with van der Waals surface area (Å²) in [6, 6.07) is 14.5. The zero-order valence-electron chi connectivity index (χ0n) is 19.8. The molecule has 3 amide bonds. The summed E-state index contributed by atoms with van der Waals surface area (Å²) in [5.74, 6) is -0.370. The molecule has 178 valence electrons. The van der Waals surface area contributed by atoms with Crippen molar-refractivity contribution in [3.8, 4) is 0 Å². The van der Waals surface area contributed by atoms with Gasteiger partial charge in [-0.1, -0.05) is 35.4 Å². The first-order valence-electron chi connectivity index (χ1n) is 12.1. The van der Waals surface area contributed by atoms with Crippen molar-refractivity contribution >= 4 is 17.7 Å². The molecule has 1 spiro atoms. The lowest BCUT2D eigenvalue weighted by Gasteiger charge is -2.44. The Morgan fingerprint density at radius 2 is 1.50 bits per heavy atom. The molecule has 2 aromatic carbocycles. The van der Waals surface area contributed by atoms with Crippen LogP contribution >= 0.6 is 0 Å². The molecule has 2 saturated heterocycles. The number of rotatable bonds is 4. The van der Waals surface area contributed by atoms with Crippen molar-refractivity contribution in [1.29, 1.82) is 0 Å². The average Bonchev–Trinajstić information content (AvgIpc) is 3.58. The Balaban J connectivity index is 1.38. The number of ether oxygens (including phenoxy) is 1. The molecule has 0 bridgehead atoms. The zero-order valence-corrected chi connectivity index (χ0v) is 19.8. The molecular formula is C27H31N3O4. The highest BCUT2D eigenvalue weighted by molar-refractivity contribution is 5.99. The summed E-state index contributed by atoms with van der Waals surface area (Å²) in [6.07, 6.45) is 2.89. The van der Waals surface area contributed by atoms with E-state index in [9.17, 15) is 14.4 Å². The molecule has 1 atom stereocenters. The summed E-state index contributed by atoms with van der Waals surface area (Å²) in [4.78, 5) is 43.4. The van der Waals surface area contributed by atoms with Gasteiger partial charge in [0.25, 0.3) is 11.8 Å². The van der Waals surface area contributed by atoms with Crippen molar-refractivity contribution in [3.63, 3.8) is 0 Å². The fraction of sp³-hybridized carbons (Fsp3) is 0.444. The first-order valence-corrected chi connectivity index (χ1v) is 12.1. The number of hydrogen-bond acceptors (Lipinski definition) is 4. The summed E-state index contributed by atoms with van der Waals surface area (Å²) in [5, 5.41) is 3.04. The van der Waals surface area contributed by atoms with Crippen molar-refractivity contribution in [3.05, 3.63) is 70.8 Å². The minimum atomic E-state index is -0.893. The Bertz CT molecular complexity index is 1120. The lowest BCUT2D eigenvalue weighted by molar-refractivity contribution is -0.128. The fourth-order valence-corrected chi connectivity index (χ4v) is 5.03. The van der Waals surface area contributed by atoms with Crippen LogP contribution in [0.4, 0.5) is 0 Å². The second-order valence-corrected chi connectivity index (χ2v) is 9.76. The van der Waals surface area contributed by atoms with Gasteiger partial charge in [0.2, 0.25) is 5.91 Å². The van der Waals surface area contributed by atoms with E-state index in [1.165, 1.54) is 0 Å². The standard InChI is InChI=1S/C27H31N3O4/c1-18-5-3-7-20(15-18)25(32)29-13-11-27(12-14-29)30(26(33)21-8-4-6-19(2)16-21)23(17-34-27)24(31)28-22-9-10-22/h3-8,15-16,22-23H,9-14,17H2,1-2H3,(H,28,31). The van der Waals surface area contributed by atoms with Crippen LogP contribution in [0.15, 0.2) is 48.5 Å². The first kappa shape index (κ1) is 22.6. The number of nitrogens with zero attached hydrogens (tertiary/aromatic N) is 2. The van der Waals surface area contributed by atoms with Gasteiger partial charge in [-0.25, -0.2) is 0 Å². The molecule has 1 N–H and O–H groups in total. The number of carbonyl (C=O) groups excluding carboxylic acids is 3. The zero-order chi connectivity index (χ0) is 23.9. The first-order chi connectivity index (χ1) is 16.4. The van der Waals surface area contributed by atoms with Crippen LogP contribution in [0.5, 0.6) is 0 Å². The second-order valence-electron chi connectivity index (χ2n) is 9.76. The van der Waals surface area contributed by atoms with E-state index >= 15 is 0 Å². The Morgan fingerprint density at radius 3 is 2.06 bits per heavy atom. The van der Waals surface area contributed by atoms with Crippen LogP contribution < -0.4 is 5.32 Å². The summed E-state index contributed by atoms with van der Waals surface area (Å²) < 4.78 is 6.26. The van der Waals surface area contributed by atoms with Gasteiger partial charge in [0.15, 0.2) is 0 Å². The highest BCUT2D eigenvalue weighted by Crippen LogP contribution is 2.39. The number of amides is 3. The third-order valence-corrected chi connectivity index (χ3v) is 7.07. The molecule has 2 aliphatic heterocycles. The topological polar surface area (TPSA) is 79.0 Å². The Labute approximate surface area is 200 Å². The normalized spacial score (nSPS) is 21.5. The molecule has 2 heterocycles. The minimum absolute atomic E-state index is 0.0175. The minimum Gasteiger partial charge on any atom is -0.353 e. The molecule has 5 rings (SSSR count). The Kier molecular flexibility index (Phi) is 5.90. The van der Waals surface area contributed by atoms with E-state index in [0.717, 1.165) is 24.0 Å². The van der Waals surface area contributed by atoms with E-state index in [2.05, 4.69) is 5.32 Å². The molecule has 1 saturated carbocycles. The van der Waals surface area contributed by atoms with Crippen molar-refractivity contribution in [2.75, 3.05) is 19.7 Å². The molecule has 34 heavy (non-hydrogen) atoms. The van der Waals surface area contributed by atoms with Gasteiger partial charge >= 0.3 is 0 Å². The molecule has 0 radical (unpaired) electrons. The number of piperidine rings is 1. The van der Waals surface area contributed by atoms with E-state index in [1.54, 1.807) is 11.0 Å². The molecular weight excluding hydrogens is 430 g/mol. The maximum atomic E-state index is 13.7. The van der Waals surface area contributed by atoms with Crippen LogP contribution in [0.25, 0.3) is 0 Å². The number of carbonyl (C=O) groups is 3. The number of aryl methyl sites for hydroxylation is 2. The highest BCUT2D eigenvalue weighted by Gasteiger charge is 2.54. The van der Waals surface area contributed by atoms with Gasteiger partial charge in [0.1, 0.15) is 11.8 Å². The average molecular weight is 462 g/mol. The number of likely N-dealkylation sites (tertiary alicyclic amines) is 1. The van der Waals surface area contributed by atoms with Gasteiger partial charge < -0.3 is 15.0 Å². The maximum absolute atomic E-state index is 13.7. The molecule has 1 aliphatic carbocycles. The van der Waals surface area contributed by atoms with Crippen LogP contribution in [0, 0.1) is 13.8 Å². The monoisotopic (exact) mass is 461 g/mol. The quantitative estimate of drug-likeness (QED) is 0.759. The maximum Gasteiger partial charge on any atom is 0.256 e. The van der Waals surface area contributed by atoms with E-state index in [-0.39, 0.29) is 30.4 Å². The van der Waals surface area contributed by atoms with Crippen molar-refractivity contribution < 1.29 is 19.1 Å². The molecule has 3 fully saturated rings. The van der Waals surface area contributed by atoms with E-state index in [0.29, 0.717) is 37.1 Å². The van der Waals surface area contributed by atoms with Gasteiger partial charge in [0, 0.05) is 43.1 Å². The highest BCUT2D eigenvalue weighted by atomic mass is 16.5. The van der Waals surface area contributed by atoms with Crippen LogP contribution in [-0.4, -0.2) is 65.0 Å². The van der Waals surface area contributed by atoms with Gasteiger partial charge in [-0.2, -0.15) is 0 Å². The number of hydrogen-bond donors (Lipinski definition) is 1. The van der Waals surface area contributed by atoms with Crippen molar-refractivity contribution in [2.24, 2.45) is 0 Å². The predicted octanol–water partition coefficient (Wildman–Crippen LogP) is 3.06. The van der Waals surface area contributed by atoms with E-state index in [1.807, 2.05) is 61.2 Å². The van der Waals surface area contributed by atoms with Crippen LogP contribution in [0.1, 0.15) is 57.5 Å². The molecule has 1 unspecified atom stereocenters. The third kappa shape index (κ3) is 4.32. The van der Waals surface area contributed by atoms with Crippen molar-refractivity contribution in [1.82, 2.24) is 15.1 Å². The third-order valence-electron chi connectivity index (χ3n) is 7.07. The second kappa shape index (κ2) is 8.87. The molecule has 7 heteroatoms. The van der Waals surface area contributed by atoms with E-state index in [4.69, 9.17) is 4.74 Å². The predicted molar refractivity (Wildman–Crippen MR) is 127 cm³/mol. The van der Waals surface area contributed by atoms with E-state index < -0.39 is 11.8 Å². The SMILES string of the molecule is Cc1cccc(C(=O)N2CCC3(CC2)OCC(C(=O)NC2CC2)N3C(=O)c2cccc(C)c2)c1. The largest absolute Gasteiger partial charge is 0.353 e. The summed E-state index contributed by atoms with van der Waals surface area (Å²) in [5.41, 5.74) is 2.34. The molecule has 3 aliphatic rings. The molecule has 7 nitrogen and oxygen atoms in total. The summed E-state index contributed by atoms with van der Waals surface area (Å²) in [6.45, 7) is 5.00. The lowest BCUT2D eigenvalue weighted by atomic mass is 9.95. The van der Waals surface area contributed by atoms with Gasteiger partial charge in [-0.05, 0) is 51.0 Å². The molecule has 0 aromatic heterocycles. The van der Waals surface area contributed by atoms with Gasteiger partial charge in [0.05, 0.1) is 6.61 Å². The van der Waals surface area contributed by atoms with Gasteiger partial charge in [-0.15, -0.1) is 0 Å². The number of nitrogens with one attached hydrogen (secondary N) is 1. The lowest BCUT2D eigenvalue weighted by Crippen LogP contribution is -2.60. The Hall–Kier alpha value is -3.19. The molecule has 2 aromatic rings. The number of benzene rings is 2. The van der Waals surface area contributed by atoms with Crippen LogP contribution in [0.3, 0.4) is 0 Å². The Morgan fingerprint density at radius 1 is 0.912 bits per heavy atom. The summed E-state index contributed by atoms with van der Waals surface area (Å²) >= 11 is 0. The summed E-state index contributed by atoms with van der Waals surface area (Å²) in [7, 11) is 0. The van der Waals surface area contributed by atoms with Crippen LogP contribution in [0.2, 0.25) is 0 Å². The van der Waals surface area contributed by atoms with Crippen LogP contribution in [-0.2, 0) is 9.53 Å². The fourth-order valence-electron chi connectivity index (χ4n) is 5.03. The van der Waals surface area contributed by atoms with Crippen molar-refractivity contribution in [2.45, 2.75) is 57.3 Å². The smallest absolute Gasteiger partial charge is 0.256 e. The van der Waals surface area contributed by atoms with Gasteiger partial charge in [-0.3, -0.25) is 19.3 Å².